The predicted octanol–water partition coefficient (Wildman–Crippen LogP) is 6.16. The molecule has 0 bridgehead atoms. The minimum absolute atomic E-state index is 0.201. The normalized spacial score (nSPS) is 23.3. The van der Waals surface area contributed by atoms with Crippen LogP contribution in [0, 0.1) is 0 Å². The molecule has 6 N–H and O–H groups in total. The number of carbonyl (C=O) groups excluding carboxylic acids is 1. The van der Waals surface area contributed by atoms with Gasteiger partial charge in [-0.2, -0.15) is 0 Å². The minimum Gasteiger partial charge on any atom is -0.394 e. The first-order valence-electron chi connectivity index (χ1n) is 18.7. The molecule has 1 aliphatic heterocycles. The lowest BCUT2D eigenvalue weighted by Gasteiger charge is -2.40. The quantitative estimate of drug-likeness (QED) is 0.0411. The van der Waals surface area contributed by atoms with E-state index >= 15 is 0 Å². The molecule has 0 aliphatic carbocycles. The van der Waals surface area contributed by atoms with Gasteiger partial charge in [-0.3, -0.25) is 4.79 Å². The maximum absolute atomic E-state index is 12.8. The van der Waals surface area contributed by atoms with E-state index in [0.29, 0.717) is 6.42 Å². The van der Waals surface area contributed by atoms with Gasteiger partial charge in [-0.1, -0.05) is 115 Å². The zero-order chi connectivity index (χ0) is 34.5. The van der Waals surface area contributed by atoms with Gasteiger partial charge in [0.2, 0.25) is 5.91 Å². The molecule has 0 saturated carbocycles. The number of hydrogen-bond donors (Lipinski definition) is 6. The van der Waals surface area contributed by atoms with Gasteiger partial charge >= 0.3 is 0 Å². The van der Waals surface area contributed by atoms with E-state index in [4.69, 9.17) is 9.47 Å². The Bertz CT molecular complexity index is 833. The van der Waals surface area contributed by atoms with Gasteiger partial charge in [0, 0.05) is 6.42 Å². The highest BCUT2D eigenvalue weighted by molar-refractivity contribution is 5.76. The van der Waals surface area contributed by atoms with E-state index in [9.17, 15) is 30.3 Å². The molecule has 9 nitrogen and oxygen atoms in total. The Labute approximate surface area is 285 Å². The number of aliphatic hydroxyl groups excluding tert-OH is 5. The van der Waals surface area contributed by atoms with Crippen LogP contribution in [-0.2, 0) is 14.3 Å². The SMILES string of the molecule is CCCCCC/C=C\CCCCCCCC(=O)NC(COC1OC(CO)C(O)C(O)C1O)C(O)/C=C/CC/C=C/CCCCCCC. The third-order valence-electron chi connectivity index (χ3n) is 8.69. The molecule has 1 rings (SSSR count). The fourth-order valence-corrected chi connectivity index (χ4v) is 5.57. The molecule has 0 aromatic rings. The molecular formula is C38H69NO8. The first-order valence-corrected chi connectivity index (χ1v) is 18.7. The summed E-state index contributed by atoms with van der Waals surface area (Å²) in [5, 5.41) is 53.8. The molecular weight excluding hydrogens is 598 g/mol. The number of amides is 1. The van der Waals surface area contributed by atoms with Crippen LogP contribution in [0.4, 0.5) is 0 Å². The number of rotatable bonds is 29. The lowest BCUT2D eigenvalue weighted by atomic mass is 9.99. The van der Waals surface area contributed by atoms with E-state index in [2.05, 4.69) is 43.5 Å². The molecule has 1 aliphatic rings. The molecule has 0 aromatic carbocycles. The van der Waals surface area contributed by atoms with Gasteiger partial charge in [0.1, 0.15) is 24.4 Å². The lowest BCUT2D eigenvalue weighted by molar-refractivity contribution is -0.302. The zero-order valence-electron chi connectivity index (χ0n) is 29.5. The second kappa shape index (κ2) is 29.3. The van der Waals surface area contributed by atoms with Crippen molar-refractivity contribution in [3.8, 4) is 0 Å². The Morgan fingerprint density at radius 1 is 0.702 bits per heavy atom. The largest absolute Gasteiger partial charge is 0.394 e. The van der Waals surface area contributed by atoms with Crippen LogP contribution in [0.3, 0.4) is 0 Å². The molecule has 0 spiro atoms. The van der Waals surface area contributed by atoms with Crippen molar-refractivity contribution in [1.29, 1.82) is 0 Å². The van der Waals surface area contributed by atoms with Crippen molar-refractivity contribution in [1.82, 2.24) is 5.32 Å². The minimum atomic E-state index is -1.57. The number of ether oxygens (including phenoxy) is 2. The highest BCUT2D eigenvalue weighted by Gasteiger charge is 2.44. The number of unbranched alkanes of at least 4 members (excludes halogenated alkanes) is 15. The smallest absolute Gasteiger partial charge is 0.220 e. The van der Waals surface area contributed by atoms with Crippen LogP contribution in [0.5, 0.6) is 0 Å². The van der Waals surface area contributed by atoms with E-state index in [1.54, 1.807) is 6.08 Å². The molecule has 47 heavy (non-hydrogen) atoms. The number of aliphatic hydroxyl groups is 5. The number of allylic oxidation sites excluding steroid dienone is 5. The van der Waals surface area contributed by atoms with Gasteiger partial charge < -0.3 is 40.3 Å². The van der Waals surface area contributed by atoms with Crippen molar-refractivity contribution >= 4 is 5.91 Å². The van der Waals surface area contributed by atoms with Crippen molar-refractivity contribution in [2.24, 2.45) is 0 Å². The summed E-state index contributed by atoms with van der Waals surface area (Å²) in [6.45, 7) is 3.67. The van der Waals surface area contributed by atoms with E-state index in [0.717, 1.165) is 57.8 Å². The average Bonchev–Trinajstić information content (AvgIpc) is 3.07. The van der Waals surface area contributed by atoms with Gasteiger partial charge in [-0.15, -0.1) is 0 Å². The lowest BCUT2D eigenvalue weighted by Crippen LogP contribution is -2.60. The monoisotopic (exact) mass is 668 g/mol. The molecule has 1 amide bonds. The van der Waals surface area contributed by atoms with Crippen LogP contribution in [0.15, 0.2) is 36.5 Å². The van der Waals surface area contributed by atoms with Crippen LogP contribution in [0.2, 0.25) is 0 Å². The van der Waals surface area contributed by atoms with Gasteiger partial charge in [-0.25, -0.2) is 0 Å². The van der Waals surface area contributed by atoms with Crippen molar-refractivity contribution in [3.05, 3.63) is 36.5 Å². The zero-order valence-corrected chi connectivity index (χ0v) is 29.5. The van der Waals surface area contributed by atoms with Crippen LogP contribution in [0.1, 0.15) is 142 Å². The molecule has 1 saturated heterocycles. The third kappa shape index (κ3) is 21.2. The topological polar surface area (TPSA) is 149 Å². The summed E-state index contributed by atoms with van der Waals surface area (Å²) in [7, 11) is 0. The number of hydrogen-bond acceptors (Lipinski definition) is 8. The Morgan fingerprint density at radius 2 is 1.21 bits per heavy atom. The molecule has 1 heterocycles. The fraction of sp³-hybridized carbons (Fsp3) is 0.816. The van der Waals surface area contributed by atoms with Gasteiger partial charge in [0.05, 0.1) is 25.4 Å². The number of carbonyl (C=O) groups is 1. The summed E-state index contributed by atoms with van der Waals surface area (Å²) in [6, 6.07) is -0.821. The van der Waals surface area contributed by atoms with E-state index < -0.39 is 49.5 Å². The maximum atomic E-state index is 12.8. The highest BCUT2D eigenvalue weighted by atomic mass is 16.7. The van der Waals surface area contributed by atoms with Crippen molar-refractivity contribution in [2.75, 3.05) is 13.2 Å². The number of nitrogens with one attached hydrogen (secondary N) is 1. The molecule has 274 valence electrons. The standard InChI is InChI=1S/C38H69NO8/c1-3-5-7-9-11-13-15-16-18-20-22-24-26-28-34(42)39-31(30-46-38-37(45)36(44)35(43)33(29-40)47-38)32(41)27-25-23-21-19-17-14-12-10-8-6-4-2/h13,15,17,19,25,27,31-33,35-38,40-41,43-45H,3-12,14,16,18,20-24,26,28-30H2,1-2H3,(H,39,42)/b15-13-,19-17+,27-25+. The summed E-state index contributed by atoms with van der Waals surface area (Å²) in [5.74, 6) is -0.201. The third-order valence-corrected chi connectivity index (χ3v) is 8.69. The molecule has 7 atom stereocenters. The summed E-state index contributed by atoms with van der Waals surface area (Å²) in [4.78, 5) is 12.8. The van der Waals surface area contributed by atoms with Crippen LogP contribution < -0.4 is 5.32 Å². The average molecular weight is 668 g/mol. The predicted molar refractivity (Wildman–Crippen MR) is 189 cm³/mol. The fourth-order valence-electron chi connectivity index (χ4n) is 5.57. The van der Waals surface area contributed by atoms with Crippen molar-refractivity contribution < 1.29 is 39.8 Å². The Balaban J connectivity index is 2.51. The second-order valence-corrected chi connectivity index (χ2v) is 13.0. The van der Waals surface area contributed by atoms with Crippen LogP contribution >= 0.6 is 0 Å². The van der Waals surface area contributed by atoms with Crippen molar-refractivity contribution in [2.45, 2.75) is 185 Å². The summed E-state index contributed by atoms with van der Waals surface area (Å²) < 4.78 is 11.1. The second-order valence-electron chi connectivity index (χ2n) is 13.0. The summed E-state index contributed by atoms with van der Waals surface area (Å²) in [5.41, 5.74) is 0. The highest BCUT2D eigenvalue weighted by Crippen LogP contribution is 2.22. The maximum Gasteiger partial charge on any atom is 0.220 e. The summed E-state index contributed by atoms with van der Waals surface area (Å²) >= 11 is 0. The van der Waals surface area contributed by atoms with E-state index in [1.807, 2.05) is 6.08 Å². The van der Waals surface area contributed by atoms with Gasteiger partial charge in [0.25, 0.3) is 0 Å². The van der Waals surface area contributed by atoms with Crippen LogP contribution in [0.25, 0.3) is 0 Å². The molecule has 0 radical (unpaired) electrons. The Morgan fingerprint density at radius 3 is 1.81 bits per heavy atom. The summed E-state index contributed by atoms with van der Waals surface area (Å²) in [6.07, 6.45) is 26.2. The van der Waals surface area contributed by atoms with E-state index in [1.165, 1.54) is 64.2 Å². The molecule has 0 aromatic heterocycles. The van der Waals surface area contributed by atoms with E-state index in [-0.39, 0.29) is 12.5 Å². The molecule has 7 unspecified atom stereocenters. The molecule has 1 fully saturated rings. The first kappa shape index (κ1) is 43.4. The van der Waals surface area contributed by atoms with Gasteiger partial charge in [0.15, 0.2) is 6.29 Å². The van der Waals surface area contributed by atoms with Crippen LogP contribution in [-0.4, -0.2) is 87.5 Å². The molecule has 9 heteroatoms. The first-order chi connectivity index (χ1) is 22.8. The van der Waals surface area contributed by atoms with Gasteiger partial charge in [-0.05, 0) is 57.8 Å². The Hall–Kier alpha value is -1.59. The Kier molecular flexibility index (Phi) is 27.1. The van der Waals surface area contributed by atoms with Crippen molar-refractivity contribution in [3.63, 3.8) is 0 Å².